The fraction of sp³-hybridized carbons (Fsp3) is 0.207. The molecule has 1 amide bonds. The number of carbonyl (C=O) groups is 1. The normalized spacial score (nSPS) is 17.1. The molecule has 0 aliphatic carbocycles. The number of aryl methyl sites for hydroxylation is 1. The van der Waals surface area contributed by atoms with E-state index in [9.17, 15) is 4.79 Å². The van der Waals surface area contributed by atoms with Crippen molar-refractivity contribution in [1.29, 1.82) is 0 Å². The maximum absolute atomic E-state index is 12.8. The molecule has 2 aromatic carbocycles. The summed E-state index contributed by atoms with van der Waals surface area (Å²) in [4.78, 5) is 19.5. The van der Waals surface area contributed by atoms with E-state index < -0.39 is 0 Å². The van der Waals surface area contributed by atoms with Gasteiger partial charge >= 0.3 is 0 Å². The lowest BCUT2D eigenvalue weighted by Gasteiger charge is -2.28. The summed E-state index contributed by atoms with van der Waals surface area (Å²) in [6.07, 6.45) is 2.09. The lowest BCUT2D eigenvalue weighted by atomic mass is 9.96. The fourth-order valence-electron chi connectivity index (χ4n) is 5.04. The lowest BCUT2D eigenvalue weighted by molar-refractivity contribution is -0.116. The largest absolute Gasteiger partial charge is 0.352 e. The highest BCUT2D eigenvalue weighted by Crippen LogP contribution is 2.41. The molecule has 2 N–H and O–H groups in total. The molecule has 2 atom stereocenters. The van der Waals surface area contributed by atoms with Crippen molar-refractivity contribution in [3.63, 3.8) is 0 Å². The van der Waals surface area contributed by atoms with Gasteiger partial charge in [0.05, 0.1) is 28.5 Å². The number of thiocarbonyl (C=S) groups is 1. The van der Waals surface area contributed by atoms with Gasteiger partial charge < -0.3 is 20.1 Å². The molecule has 4 aromatic rings. The molecule has 3 heterocycles. The predicted molar refractivity (Wildman–Crippen MR) is 152 cm³/mol. The van der Waals surface area contributed by atoms with Gasteiger partial charge in [0.25, 0.3) is 0 Å². The van der Waals surface area contributed by atoms with Crippen LogP contribution in [-0.4, -0.2) is 32.0 Å². The second-order valence-electron chi connectivity index (χ2n) is 9.10. The molecule has 1 saturated heterocycles. The molecule has 0 radical (unpaired) electrons. The minimum atomic E-state index is -0.161. The smallest absolute Gasteiger partial charge is 0.226 e. The Kier molecular flexibility index (Phi) is 7.26. The number of aromatic nitrogens is 2. The summed E-state index contributed by atoms with van der Waals surface area (Å²) < 4.78 is 2.18. The first-order chi connectivity index (χ1) is 17.9. The van der Waals surface area contributed by atoms with Crippen molar-refractivity contribution in [3.8, 4) is 5.69 Å². The second-order valence-corrected chi connectivity index (χ2v) is 9.89. The molecule has 0 saturated carbocycles. The molecular formula is C29H28ClN5OS. The van der Waals surface area contributed by atoms with Gasteiger partial charge in [-0.2, -0.15) is 0 Å². The molecule has 188 valence electrons. The zero-order valence-electron chi connectivity index (χ0n) is 20.7. The summed E-state index contributed by atoms with van der Waals surface area (Å²) in [6, 6.07) is 25.1. The number of hydrogen-bond acceptors (Lipinski definition) is 3. The number of pyridine rings is 1. The van der Waals surface area contributed by atoms with Crippen LogP contribution in [0.1, 0.15) is 41.1 Å². The molecule has 1 aliphatic rings. The van der Waals surface area contributed by atoms with Crippen LogP contribution in [0.25, 0.3) is 5.69 Å². The minimum absolute atomic E-state index is 0.0597. The Labute approximate surface area is 227 Å². The number of nitrogens with one attached hydrogen (secondary N) is 2. The van der Waals surface area contributed by atoms with E-state index in [1.807, 2.05) is 72.8 Å². The van der Waals surface area contributed by atoms with Crippen LogP contribution in [0.2, 0.25) is 5.02 Å². The van der Waals surface area contributed by atoms with E-state index in [-0.39, 0.29) is 18.0 Å². The molecule has 0 spiro atoms. The fourth-order valence-corrected chi connectivity index (χ4v) is 5.59. The third kappa shape index (κ3) is 5.10. The Morgan fingerprint density at radius 1 is 1.05 bits per heavy atom. The topological polar surface area (TPSA) is 62.2 Å². The maximum atomic E-state index is 12.8. The summed E-state index contributed by atoms with van der Waals surface area (Å²) in [6.45, 7) is 4.64. The molecule has 5 rings (SSSR count). The van der Waals surface area contributed by atoms with Gasteiger partial charge in [-0.3, -0.25) is 9.78 Å². The third-order valence-corrected chi connectivity index (χ3v) is 7.39. The summed E-state index contributed by atoms with van der Waals surface area (Å²) >= 11 is 12.4. The molecule has 1 fully saturated rings. The van der Waals surface area contributed by atoms with Crippen molar-refractivity contribution < 1.29 is 4.79 Å². The van der Waals surface area contributed by atoms with E-state index in [4.69, 9.17) is 23.8 Å². The minimum Gasteiger partial charge on any atom is -0.352 e. The van der Waals surface area contributed by atoms with E-state index in [1.165, 1.54) is 0 Å². The summed E-state index contributed by atoms with van der Waals surface area (Å²) in [5, 5.41) is 7.74. The summed E-state index contributed by atoms with van der Waals surface area (Å²) in [5.74, 6) is -0.0597. The molecule has 2 aromatic heterocycles. The standard InChI is InChI=1S/C29H28ClN5OS/c1-19-18-22(20(2)35(19)25-14-7-6-12-23(25)30)28-27(24-13-8-9-16-31-24)33-29(37)34(28)17-15-26(36)32-21-10-4-3-5-11-21/h3-14,16,18,27-28H,15,17H2,1-2H3,(H,32,36)(H,33,37)/t27-,28-/m1/s1. The predicted octanol–water partition coefficient (Wildman–Crippen LogP) is 6.14. The summed E-state index contributed by atoms with van der Waals surface area (Å²) in [7, 11) is 0. The zero-order chi connectivity index (χ0) is 25.9. The van der Waals surface area contributed by atoms with Crippen LogP contribution in [-0.2, 0) is 4.79 Å². The number of carbonyl (C=O) groups excluding carboxylic acids is 1. The van der Waals surface area contributed by atoms with Crippen molar-refractivity contribution in [1.82, 2.24) is 19.8 Å². The van der Waals surface area contributed by atoms with Crippen molar-refractivity contribution in [2.24, 2.45) is 0 Å². The Morgan fingerprint density at radius 2 is 1.78 bits per heavy atom. The molecule has 8 heteroatoms. The average Bonchev–Trinajstić information content (AvgIpc) is 3.38. The molecular weight excluding hydrogens is 502 g/mol. The average molecular weight is 530 g/mol. The molecule has 6 nitrogen and oxygen atoms in total. The van der Waals surface area contributed by atoms with E-state index in [0.29, 0.717) is 23.1 Å². The first kappa shape index (κ1) is 25.0. The number of benzene rings is 2. The van der Waals surface area contributed by atoms with Gasteiger partial charge in [0.1, 0.15) is 0 Å². The van der Waals surface area contributed by atoms with Crippen LogP contribution in [0, 0.1) is 13.8 Å². The van der Waals surface area contributed by atoms with E-state index in [0.717, 1.165) is 34.0 Å². The number of halogens is 1. The van der Waals surface area contributed by atoms with Crippen LogP contribution in [0.3, 0.4) is 0 Å². The third-order valence-electron chi connectivity index (χ3n) is 6.72. The number of hydrogen-bond donors (Lipinski definition) is 2. The van der Waals surface area contributed by atoms with E-state index in [2.05, 4.69) is 45.0 Å². The molecule has 0 bridgehead atoms. The highest BCUT2D eigenvalue weighted by Gasteiger charge is 2.41. The van der Waals surface area contributed by atoms with Crippen molar-refractivity contribution in [3.05, 3.63) is 113 Å². The molecule has 37 heavy (non-hydrogen) atoms. The van der Waals surface area contributed by atoms with Crippen LogP contribution < -0.4 is 10.6 Å². The van der Waals surface area contributed by atoms with Crippen LogP contribution in [0.15, 0.2) is 85.1 Å². The highest BCUT2D eigenvalue weighted by molar-refractivity contribution is 7.80. The maximum Gasteiger partial charge on any atom is 0.226 e. The lowest BCUT2D eigenvalue weighted by Crippen LogP contribution is -2.32. The van der Waals surface area contributed by atoms with E-state index >= 15 is 0 Å². The van der Waals surface area contributed by atoms with Gasteiger partial charge in [-0.1, -0.05) is 48.0 Å². The van der Waals surface area contributed by atoms with Crippen molar-refractivity contribution in [2.75, 3.05) is 11.9 Å². The van der Waals surface area contributed by atoms with Gasteiger partial charge in [0, 0.05) is 36.2 Å². The Bertz CT molecular complexity index is 1420. The van der Waals surface area contributed by atoms with Gasteiger partial charge in [0.2, 0.25) is 5.91 Å². The quantitative estimate of drug-likeness (QED) is 0.281. The first-order valence-electron chi connectivity index (χ1n) is 12.2. The highest BCUT2D eigenvalue weighted by atomic mass is 35.5. The van der Waals surface area contributed by atoms with Gasteiger partial charge in [0.15, 0.2) is 5.11 Å². The number of para-hydroxylation sites is 2. The van der Waals surface area contributed by atoms with Crippen LogP contribution in [0.5, 0.6) is 0 Å². The Hall–Kier alpha value is -3.68. The van der Waals surface area contributed by atoms with Gasteiger partial charge in [-0.05, 0) is 74.1 Å². The zero-order valence-corrected chi connectivity index (χ0v) is 22.3. The van der Waals surface area contributed by atoms with E-state index in [1.54, 1.807) is 6.20 Å². The second kappa shape index (κ2) is 10.7. The molecule has 1 aliphatic heterocycles. The summed E-state index contributed by atoms with van der Waals surface area (Å²) in [5.41, 5.74) is 5.86. The van der Waals surface area contributed by atoms with Crippen molar-refractivity contribution >= 4 is 40.5 Å². The van der Waals surface area contributed by atoms with Crippen molar-refractivity contribution in [2.45, 2.75) is 32.4 Å². The monoisotopic (exact) mass is 529 g/mol. The van der Waals surface area contributed by atoms with Gasteiger partial charge in [-0.15, -0.1) is 0 Å². The molecule has 0 unspecified atom stereocenters. The van der Waals surface area contributed by atoms with Crippen LogP contribution in [0.4, 0.5) is 5.69 Å². The van der Waals surface area contributed by atoms with Gasteiger partial charge in [-0.25, -0.2) is 0 Å². The Balaban J connectivity index is 1.49. The van der Waals surface area contributed by atoms with Crippen LogP contribution >= 0.6 is 23.8 Å². The Morgan fingerprint density at radius 3 is 2.51 bits per heavy atom. The number of rotatable bonds is 7. The SMILES string of the molecule is Cc1cc([C@@H]2[C@@H](c3ccccn3)NC(=S)N2CCC(=O)Nc2ccccc2)c(C)n1-c1ccccc1Cl. The number of anilines is 1. The number of nitrogens with zero attached hydrogens (tertiary/aromatic N) is 3. The number of amides is 1. The first-order valence-corrected chi connectivity index (χ1v) is 13.0.